The van der Waals surface area contributed by atoms with Gasteiger partial charge in [-0.25, -0.2) is 0 Å². The minimum atomic E-state index is 0.838. The van der Waals surface area contributed by atoms with Crippen molar-refractivity contribution in [3.05, 3.63) is 59.7 Å². The molecule has 3 nitrogen and oxygen atoms in total. The van der Waals surface area contributed by atoms with E-state index in [1.807, 2.05) is 30.5 Å². The maximum absolute atomic E-state index is 5.10. The molecule has 0 heterocycles. The van der Waals surface area contributed by atoms with Crippen molar-refractivity contribution in [2.75, 3.05) is 12.5 Å². The van der Waals surface area contributed by atoms with Crippen LogP contribution < -0.4 is 10.2 Å². The molecule has 0 saturated carbocycles. The summed E-state index contributed by atoms with van der Waals surface area (Å²) < 4.78 is 5.10. The molecule has 0 aliphatic heterocycles. The Morgan fingerprint density at radius 1 is 1.05 bits per heavy atom. The summed E-state index contributed by atoms with van der Waals surface area (Å²) in [6.07, 6.45) is 2.87. The third-order valence-corrected chi connectivity index (χ3v) is 2.89. The number of nitrogens with one attached hydrogen (secondary N) is 1. The summed E-state index contributed by atoms with van der Waals surface area (Å²) in [6, 6.07) is 16.0. The fraction of sp³-hybridized carbons (Fsp3) is 0.188. The van der Waals surface area contributed by atoms with Gasteiger partial charge in [0.15, 0.2) is 0 Å². The highest BCUT2D eigenvalue weighted by Crippen LogP contribution is 2.14. The third kappa shape index (κ3) is 3.85. The summed E-state index contributed by atoms with van der Waals surface area (Å²) in [5.74, 6) is 0.838. The molecule has 98 valence electrons. The van der Waals surface area contributed by atoms with Crippen molar-refractivity contribution in [1.29, 1.82) is 0 Å². The summed E-state index contributed by atoms with van der Waals surface area (Å²) in [7, 11) is 1.65. The molecular weight excluding hydrogens is 236 g/mol. The van der Waals surface area contributed by atoms with Crippen molar-refractivity contribution in [3.8, 4) is 5.75 Å². The van der Waals surface area contributed by atoms with Gasteiger partial charge in [-0.3, -0.25) is 5.43 Å². The topological polar surface area (TPSA) is 33.6 Å². The molecule has 0 aromatic heterocycles. The van der Waals surface area contributed by atoms with E-state index in [1.54, 1.807) is 7.11 Å². The Morgan fingerprint density at radius 3 is 2.32 bits per heavy atom. The van der Waals surface area contributed by atoms with Gasteiger partial charge in [0, 0.05) is 0 Å². The number of hydrogen-bond donors (Lipinski definition) is 1. The molecular formula is C16H18N2O. The van der Waals surface area contributed by atoms with Crippen LogP contribution in [0.1, 0.15) is 18.1 Å². The number of benzene rings is 2. The number of nitrogens with zero attached hydrogens (tertiary/aromatic N) is 1. The molecule has 19 heavy (non-hydrogen) atoms. The van der Waals surface area contributed by atoms with Crippen LogP contribution in [0.4, 0.5) is 5.69 Å². The summed E-state index contributed by atoms with van der Waals surface area (Å²) >= 11 is 0. The number of rotatable bonds is 5. The quantitative estimate of drug-likeness (QED) is 0.652. The normalized spacial score (nSPS) is 10.6. The van der Waals surface area contributed by atoms with Crippen molar-refractivity contribution >= 4 is 11.9 Å². The van der Waals surface area contributed by atoms with Crippen LogP contribution >= 0.6 is 0 Å². The van der Waals surface area contributed by atoms with E-state index >= 15 is 0 Å². The maximum atomic E-state index is 5.10. The van der Waals surface area contributed by atoms with Crippen LogP contribution in [-0.4, -0.2) is 13.3 Å². The molecule has 0 spiro atoms. The Hall–Kier alpha value is -2.29. The Balaban J connectivity index is 1.94. The summed E-state index contributed by atoms with van der Waals surface area (Å²) in [5, 5.41) is 4.21. The number of aryl methyl sites for hydroxylation is 1. The second-order valence-corrected chi connectivity index (χ2v) is 4.19. The van der Waals surface area contributed by atoms with Gasteiger partial charge < -0.3 is 4.74 Å². The Kier molecular flexibility index (Phi) is 4.56. The van der Waals surface area contributed by atoms with Crippen LogP contribution in [0, 0.1) is 0 Å². The van der Waals surface area contributed by atoms with E-state index in [9.17, 15) is 0 Å². The zero-order chi connectivity index (χ0) is 13.5. The van der Waals surface area contributed by atoms with E-state index in [-0.39, 0.29) is 0 Å². The van der Waals surface area contributed by atoms with Crippen LogP contribution in [0.3, 0.4) is 0 Å². The molecule has 0 unspecified atom stereocenters. The molecule has 0 radical (unpaired) electrons. The third-order valence-electron chi connectivity index (χ3n) is 2.89. The van der Waals surface area contributed by atoms with Crippen LogP contribution in [0.25, 0.3) is 0 Å². The summed E-state index contributed by atoms with van der Waals surface area (Å²) in [6.45, 7) is 2.15. The molecule has 2 rings (SSSR count). The first-order valence-corrected chi connectivity index (χ1v) is 6.34. The summed E-state index contributed by atoms with van der Waals surface area (Å²) in [4.78, 5) is 0. The minimum absolute atomic E-state index is 0.838. The molecule has 0 atom stereocenters. The van der Waals surface area contributed by atoms with Gasteiger partial charge in [0.1, 0.15) is 5.75 Å². The summed E-state index contributed by atoms with van der Waals surface area (Å²) in [5.41, 5.74) is 6.33. The number of hydrogen-bond acceptors (Lipinski definition) is 3. The highest BCUT2D eigenvalue weighted by atomic mass is 16.5. The van der Waals surface area contributed by atoms with Crippen molar-refractivity contribution in [2.45, 2.75) is 13.3 Å². The molecule has 0 aliphatic rings. The van der Waals surface area contributed by atoms with Crippen LogP contribution in [0.15, 0.2) is 53.6 Å². The lowest BCUT2D eigenvalue weighted by molar-refractivity contribution is 0.415. The first kappa shape index (κ1) is 13.1. The highest BCUT2D eigenvalue weighted by Gasteiger charge is 1.92. The fourth-order valence-corrected chi connectivity index (χ4v) is 1.69. The van der Waals surface area contributed by atoms with Crippen LogP contribution in [-0.2, 0) is 6.42 Å². The zero-order valence-corrected chi connectivity index (χ0v) is 11.3. The number of methoxy groups -OCH3 is 1. The lowest BCUT2D eigenvalue weighted by atomic mass is 10.1. The van der Waals surface area contributed by atoms with Crippen molar-refractivity contribution in [2.24, 2.45) is 5.10 Å². The lowest BCUT2D eigenvalue weighted by Gasteiger charge is -2.02. The van der Waals surface area contributed by atoms with Crippen molar-refractivity contribution < 1.29 is 4.74 Å². The SMILES string of the molecule is CCc1ccc(/C=N/Nc2ccc(OC)cc2)cc1. The molecule has 2 aromatic carbocycles. The predicted molar refractivity (Wildman–Crippen MR) is 80.0 cm³/mol. The van der Waals surface area contributed by atoms with Gasteiger partial charge in [-0.2, -0.15) is 5.10 Å². The Labute approximate surface area is 113 Å². The lowest BCUT2D eigenvalue weighted by Crippen LogP contribution is -1.91. The van der Waals surface area contributed by atoms with Crippen molar-refractivity contribution in [3.63, 3.8) is 0 Å². The number of ether oxygens (including phenoxy) is 1. The standard InChI is InChI=1S/C16H18N2O/c1-3-13-4-6-14(7-5-13)12-17-18-15-8-10-16(19-2)11-9-15/h4-12,18H,3H2,1-2H3/b17-12+. The van der Waals surface area contributed by atoms with Crippen molar-refractivity contribution in [1.82, 2.24) is 0 Å². The van der Waals surface area contributed by atoms with Gasteiger partial charge in [-0.05, 0) is 41.8 Å². The number of hydrazone groups is 1. The fourth-order valence-electron chi connectivity index (χ4n) is 1.69. The molecule has 0 fully saturated rings. The zero-order valence-electron chi connectivity index (χ0n) is 11.3. The van der Waals surface area contributed by atoms with E-state index in [0.717, 1.165) is 23.4 Å². The Morgan fingerprint density at radius 2 is 1.74 bits per heavy atom. The van der Waals surface area contributed by atoms with Gasteiger partial charge in [0.05, 0.1) is 19.0 Å². The highest BCUT2D eigenvalue weighted by molar-refractivity contribution is 5.80. The average molecular weight is 254 g/mol. The first-order valence-electron chi connectivity index (χ1n) is 6.34. The van der Waals surface area contributed by atoms with E-state index in [1.165, 1.54) is 5.56 Å². The van der Waals surface area contributed by atoms with Gasteiger partial charge in [0.2, 0.25) is 0 Å². The second kappa shape index (κ2) is 6.59. The molecule has 2 aromatic rings. The van der Waals surface area contributed by atoms with Crippen LogP contribution in [0.2, 0.25) is 0 Å². The van der Waals surface area contributed by atoms with Gasteiger partial charge in [-0.1, -0.05) is 31.2 Å². The van der Waals surface area contributed by atoms with E-state index in [2.05, 4.69) is 41.7 Å². The predicted octanol–water partition coefficient (Wildman–Crippen LogP) is 3.70. The minimum Gasteiger partial charge on any atom is -0.497 e. The molecule has 0 saturated heterocycles. The molecule has 3 heteroatoms. The maximum Gasteiger partial charge on any atom is 0.119 e. The van der Waals surface area contributed by atoms with Gasteiger partial charge in [-0.15, -0.1) is 0 Å². The van der Waals surface area contributed by atoms with Gasteiger partial charge >= 0.3 is 0 Å². The smallest absolute Gasteiger partial charge is 0.119 e. The molecule has 0 aliphatic carbocycles. The van der Waals surface area contributed by atoms with Gasteiger partial charge in [0.25, 0.3) is 0 Å². The largest absolute Gasteiger partial charge is 0.497 e. The Bertz CT molecular complexity index is 530. The first-order chi connectivity index (χ1) is 9.31. The molecule has 1 N–H and O–H groups in total. The molecule has 0 amide bonds. The second-order valence-electron chi connectivity index (χ2n) is 4.19. The molecule has 0 bridgehead atoms. The monoisotopic (exact) mass is 254 g/mol. The van der Waals surface area contributed by atoms with E-state index < -0.39 is 0 Å². The van der Waals surface area contributed by atoms with Crippen LogP contribution in [0.5, 0.6) is 5.75 Å². The van der Waals surface area contributed by atoms with E-state index in [0.29, 0.717) is 0 Å². The average Bonchev–Trinajstić information content (AvgIpc) is 2.49. The number of anilines is 1. The van der Waals surface area contributed by atoms with E-state index in [4.69, 9.17) is 4.74 Å².